The summed E-state index contributed by atoms with van der Waals surface area (Å²) in [5, 5.41) is 0.438. The van der Waals surface area contributed by atoms with E-state index in [1.54, 1.807) is 18.2 Å². The lowest BCUT2D eigenvalue weighted by molar-refractivity contribution is 0.0185. The van der Waals surface area contributed by atoms with Crippen LogP contribution in [0.15, 0.2) is 18.2 Å². The summed E-state index contributed by atoms with van der Waals surface area (Å²) in [7, 11) is 0. The lowest BCUT2D eigenvalue weighted by atomic mass is 10.0. The van der Waals surface area contributed by atoms with E-state index < -0.39 is 0 Å². The summed E-state index contributed by atoms with van der Waals surface area (Å²) in [5.41, 5.74) is 6.48. The highest BCUT2D eigenvalue weighted by atomic mass is 35.5. The molecule has 1 aromatic carbocycles. The molecule has 0 aliphatic carbocycles. The number of carbonyl (C=O) groups is 1. The lowest BCUT2D eigenvalue weighted by Crippen LogP contribution is -2.22. The second kappa shape index (κ2) is 6.07. The quantitative estimate of drug-likeness (QED) is 0.676. The largest absolute Gasteiger partial charge is 0.462 e. The minimum atomic E-state index is -0.379. The molecule has 1 saturated heterocycles. The molecule has 0 atom stereocenters. The average Bonchev–Trinajstić information content (AvgIpc) is 2.36. The molecule has 98 valence electrons. The zero-order valence-electron chi connectivity index (χ0n) is 10.0. The molecule has 1 fully saturated rings. The third kappa shape index (κ3) is 3.62. The zero-order valence-corrected chi connectivity index (χ0v) is 10.8. The van der Waals surface area contributed by atoms with E-state index in [-0.39, 0.29) is 5.97 Å². The molecule has 1 aromatic rings. The van der Waals surface area contributed by atoms with Gasteiger partial charge in [0.05, 0.1) is 12.2 Å². The van der Waals surface area contributed by atoms with Crippen molar-refractivity contribution >= 4 is 23.3 Å². The maximum Gasteiger partial charge on any atom is 0.338 e. The van der Waals surface area contributed by atoms with Gasteiger partial charge in [-0.15, -0.1) is 0 Å². The van der Waals surface area contributed by atoms with Gasteiger partial charge in [-0.3, -0.25) is 0 Å². The number of rotatable bonds is 3. The van der Waals surface area contributed by atoms with Crippen LogP contribution in [-0.4, -0.2) is 25.8 Å². The number of carbonyl (C=O) groups excluding carboxylic acids is 1. The molecule has 0 saturated carbocycles. The van der Waals surface area contributed by atoms with Crippen LogP contribution in [0.1, 0.15) is 23.2 Å². The average molecular weight is 270 g/mol. The summed E-state index contributed by atoms with van der Waals surface area (Å²) in [6, 6.07) is 4.72. The Morgan fingerprint density at radius 2 is 2.11 bits per heavy atom. The summed E-state index contributed by atoms with van der Waals surface area (Å²) >= 11 is 5.84. The molecule has 2 rings (SSSR count). The van der Waals surface area contributed by atoms with Crippen molar-refractivity contribution in [1.82, 2.24) is 0 Å². The molecule has 0 bridgehead atoms. The van der Waals surface area contributed by atoms with E-state index >= 15 is 0 Å². The Morgan fingerprint density at radius 1 is 1.39 bits per heavy atom. The van der Waals surface area contributed by atoms with Crippen LogP contribution in [0.3, 0.4) is 0 Å². The van der Waals surface area contributed by atoms with E-state index in [0.29, 0.717) is 28.8 Å². The Morgan fingerprint density at radius 3 is 2.78 bits per heavy atom. The molecule has 0 amide bonds. The van der Waals surface area contributed by atoms with Crippen molar-refractivity contribution in [1.29, 1.82) is 0 Å². The van der Waals surface area contributed by atoms with Crippen molar-refractivity contribution in [3.8, 4) is 0 Å². The van der Waals surface area contributed by atoms with Crippen LogP contribution in [-0.2, 0) is 9.47 Å². The normalized spacial score (nSPS) is 16.5. The van der Waals surface area contributed by atoms with E-state index in [0.717, 1.165) is 26.1 Å². The van der Waals surface area contributed by atoms with Crippen LogP contribution in [0.2, 0.25) is 5.02 Å². The molecule has 5 heteroatoms. The Hall–Kier alpha value is -1.26. The molecular formula is C13H16ClNO3. The van der Waals surface area contributed by atoms with Gasteiger partial charge in [0.2, 0.25) is 0 Å². The minimum Gasteiger partial charge on any atom is -0.462 e. The monoisotopic (exact) mass is 269 g/mol. The number of nitrogens with two attached hydrogens (primary N) is 1. The standard InChI is InChI=1S/C13H16ClNO3/c14-11-5-10(6-12(15)7-11)13(16)18-8-9-1-3-17-4-2-9/h5-7,9H,1-4,8,15H2. The maximum absolute atomic E-state index is 11.8. The number of halogens is 1. The fourth-order valence-electron chi connectivity index (χ4n) is 1.92. The summed E-state index contributed by atoms with van der Waals surface area (Å²) in [5.74, 6) is 0.00919. The van der Waals surface area contributed by atoms with Crippen LogP contribution in [0.4, 0.5) is 5.69 Å². The number of nitrogen functional groups attached to an aromatic ring is 1. The minimum absolute atomic E-state index is 0.379. The number of hydrogen-bond donors (Lipinski definition) is 1. The first-order chi connectivity index (χ1) is 8.65. The molecule has 1 aliphatic rings. The molecule has 0 spiro atoms. The molecule has 1 heterocycles. The first kappa shape index (κ1) is 13.2. The van der Waals surface area contributed by atoms with Crippen LogP contribution >= 0.6 is 11.6 Å². The summed E-state index contributed by atoms with van der Waals surface area (Å²) in [6.45, 7) is 1.91. The highest BCUT2D eigenvalue weighted by Gasteiger charge is 2.17. The van der Waals surface area contributed by atoms with Crippen LogP contribution < -0.4 is 5.73 Å². The Bertz CT molecular complexity index is 410. The zero-order chi connectivity index (χ0) is 13.0. The Balaban J connectivity index is 1.90. The fourth-order valence-corrected chi connectivity index (χ4v) is 2.16. The Kier molecular flexibility index (Phi) is 4.44. The van der Waals surface area contributed by atoms with Gasteiger partial charge < -0.3 is 15.2 Å². The molecule has 1 aliphatic heterocycles. The molecule has 0 radical (unpaired) electrons. The van der Waals surface area contributed by atoms with Crippen molar-refractivity contribution in [2.24, 2.45) is 5.92 Å². The highest BCUT2D eigenvalue weighted by Crippen LogP contribution is 2.19. The topological polar surface area (TPSA) is 61.6 Å². The highest BCUT2D eigenvalue weighted by molar-refractivity contribution is 6.31. The number of esters is 1. The number of ether oxygens (including phenoxy) is 2. The van der Waals surface area contributed by atoms with Gasteiger partial charge in [-0.1, -0.05) is 11.6 Å². The molecule has 4 nitrogen and oxygen atoms in total. The summed E-state index contributed by atoms with van der Waals surface area (Å²) < 4.78 is 10.5. The molecule has 2 N–H and O–H groups in total. The summed E-state index contributed by atoms with van der Waals surface area (Å²) in [6.07, 6.45) is 1.87. The van der Waals surface area contributed by atoms with Crippen molar-refractivity contribution in [3.05, 3.63) is 28.8 Å². The molecule has 0 unspecified atom stereocenters. The van der Waals surface area contributed by atoms with E-state index in [4.69, 9.17) is 26.8 Å². The van der Waals surface area contributed by atoms with Gasteiger partial charge in [0.25, 0.3) is 0 Å². The third-order valence-corrected chi connectivity index (χ3v) is 3.17. The number of anilines is 1. The second-order valence-corrected chi connectivity index (χ2v) is 4.86. The fraction of sp³-hybridized carbons (Fsp3) is 0.462. The van der Waals surface area contributed by atoms with E-state index in [1.165, 1.54) is 0 Å². The lowest BCUT2D eigenvalue weighted by Gasteiger charge is -2.21. The predicted molar refractivity (Wildman–Crippen MR) is 69.7 cm³/mol. The SMILES string of the molecule is Nc1cc(Cl)cc(C(=O)OCC2CCOCC2)c1. The molecule has 18 heavy (non-hydrogen) atoms. The summed E-state index contributed by atoms with van der Waals surface area (Å²) in [4.78, 5) is 11.8. The van der Waals surface area contributed by atoms with Gasteiger partial charge in [0.1, 0.15) is 0 Å². The van der Waals surface area contributed by atoms with Crippen molar-refractivity contribution < 1.29 is 14.3 Å². The third-order valence-electron chi connectivity index (χ3n) is 2.95. The van der Waals surface area contributed by atoms with E-state index in [1.807, 2.05) is 0 Å². The number of hydrogen-bond acceptors (Lipinski definition) is 4. The first-order valence-electron chi connectivity index (χ1n) is 5.96. The Labute approximate surface area is 111 Å². The maximum atomic E-state index is 11.8. The van der Waals surface area contributed by atoms with Gasteiger partial charge in [0.15, 0.2) is 0 Å². The second-order valence-electron chi connectivity index (χ2n) is 4.43. The van der Waals surface area contributed by atoms with Crippen LogP contribution in [0, 0.1) is 5.92 Å². The predicted octanol–water partition coefficient (Wildman–Crippen LogP) is 2.51. The van der Waals surface area contributed by atoms with Crippen LogP contribution in [0.5, 0.6) is 0 Å². The van der Waals surface area contributed by atoms with E-state index in [9.17, 15) is 4.79 Å². The van der Waals surface area contributed by atoms with Gasteiger partial charge in [-0.25, -0.2) is 4.79 Å². The smallest absolute Gasteiger partial charge is 0.338 e. The number of benzene rings is 1. The first-order valence-corrected chi connectivity index (χ1v) is 6.34. The van der Waals surface area contributed by atoms with Gasteiger partial charge in [0, 0.05) is 23.9 Å². The molecular weight excluding hydrogens is 254 g/mol. The van der Waals surface area contributed by atoms with Crippen molar-refractivity contribution in [2.75, 3.05) is 25.6 Å². The van der Waals surface area contributed by atoms with Crippen molar-refractivity contribution in [3.63, 3.8) is 0 Å². The van der Waals surface area contributed by atoms with Gasteiger partial charge >= 0.3 is 5.97 Å². The van der Waals surface area contributed by atoms with Gasteiger partial charge in [-0.05, 0) is 37.0 Å². The molecule has 0 aromatic heterocycles. The van der Waals surface area contributed by atoms with Gasteiger partial charge in [-0.2, -0.15) is 0 Å². The van der Waals surface area contributed by atoms with Crippen LogP contribution in [0.25, 0.3) is 0 Å². The van der Waals surface area contributed by atoms with E-state index in [2.05, 4.69) is 0 Å². The van der Waals surface area contributed by atoms with Crippen molar-refractivity contribution in [2.45, 2.75) is 12.8 Å².